The number of aryl methyl sites for hydroxylation is 1. The van der Waals surface area contributed by atoms with Gasteiger partial charge in [0.1, 0.15) is 0 Å². The van der Waals surface area contributed by atoms with Crippen LogP contribution in [0, 0.1) is 0 Å². The molecule has 3 nitrogen and oxygen atoms in total. The van der Waals surface area contributed by atoms with E-state index in [4.69, 9.17) is 4.98 Å². The first kappa shape index (κ1) is 17.9. The lowest BCUT2D eigenvalue weighted by Crippen LogP contribution is -2.37. The topological polar surface area (TPSA) is 29.0 Å². The minimum absolute atomic E-state index is 0.585. The van der Waals surface area contributed by atoms with Gasteiger partial charge in [0.15, 0.2) is 0 Å². The summed E-state index contributed by atoms with van der Waals surface area (Å²) in [6.45, 7) is 10.1. The summed E-state index contributed by atoms with van der Waals surface area (Å²) in [6.07, 6.45) is 11.5. The molecule has 0 bridgehead atoms. The zero-order valence-electron chi connectivity index (χ0n) is 14.4. The number of unbranched alkanes of at least 4 members (excludes halogenated alkanes) is 1. The van der Waals surface area contributed by atoms with E-state index in [1.807, 2.05) is 6.20 Å². The standard InChI is InChI=1S/C18H33N3/c1-5-9-12-16-13-14-19-18(20-16)21(15-8-4)17(10-6-2)11-7-3/h13-14,17H,5-12,15H2,1-4H3. The SMILES string of the molecule is CCCCc1ccnc(N(CCC)C(CCC)CCC)n1. The molecule has 0 unspecified atom stereocenters. The van der Waals surface area contributed by atoms with Crippen LogP contribution >= 0.6 is 0 Å². The van der Waals surface area contributed by atoms with Gasteiger partial charge in [-0.2, -0.15) is 0 Å². The summed E-state index contributed by atoms with van der Waals surface area (Å²) >= 11 is 0. The van der Waals surface area contributed by atoms with Gasteiger partial charge in [0.2, 0.25) is 5.95 Å². The lowest BCUT2D eigenvalue weighted by molar-refractivity contribution is 0.493. The maximum absolute atomic E-state index is 4.83. The van der Waals surface area contributed by atoms with Gasteiger partial charge >= 0.3 is 0 Å². The van der Waals surface area contributed by atoms with Gasteiger partial charge in [-0.15, -0.1) is 0 Å². The van der Waals surface area contributed by atoms with Crippen molar-refractivity contribution in [2.24, 2.45) is 0 Å². The average molecular weight is 291 g/mol. The molecule has 0 amide bonds. The van der Waals surface area contributed by atoms with Crippen LogP contribution in [0.2, 0.25) is 0 Å². The third-order valence-corrected chi connectivity index (χ3v) is 3.89. The lowest BCUT2D eigenvalue weighted by Gasteiger charge is -2.31. The van der Waals surface area contributed by atoms with E-state index < -0.39 is 0 Å². The van der Waals surface area contributed by atoms with Gasteiger partial charge in [0, 0.05) is 24.5 Å². The number of rotatable bonds is 11. The Labute approximate surface area is 131 Å². The van der Waals surface area contributed by atoms with Gasteiger partial charge in [-0.3, -0.25) is 0 Å². The highest BCUT2D eigenvalue weighted by atomic mass is 15.3. The molecule has 0 N–H and O–H groups in total. The zero-order chi connectivity index (χ0) is 15.5. The van der Waals surface area contributed by atoms with Gasteiger partial charge in [-0.05, 0) is 38.2 Å². The fraction of sp³-hybridized carbons (Fsp3) is 0.778. The Balaban J connectivity index is 2.91. The second kappa shape index (κ2) is 10.6. The summed E-state index contributed by atoms with van der Waals surface area (Å²) in [5.41, 5.74) is 1.19. The maximum Gasteiger partial charge on any atom is 0.225 e. The Morgan fingerprint density at radius 3 is 2.29 bits per heavy atom. The predicted octanol–water partition coefficient (Wildman–Crippen LogP) is 5.00. The van der Waals surface area contributed by atoms with Crippen molar-refractivity contribution in [1.29, 1.82) is 0 Å². The Bertz CT molecular complexity index is 372. The van der Waals surface area contributed by atoms with E-state index in [2.05, 4.69) is 43.6 Å². The first-order valence-corrected chi connectivity index (χ1v) is 8.85. The number of hydrogen-bond donors (Lipinski definition) is 0. The quantitative estimate of drug-likeness (QED) is 0.574. The van der Waals surface area contributed by atoms with Crippen LogP contribution in [0.4, 0.5) is 5.95 Å². The van der Waals surface area contributed by atoms with Crippen LogP contribution in [0.15, 0.2) is 12.3 Å². The molecule has 0 saturated heterocycles. The minimum Gasteiger partial charge on any atom is -0.338 e. The number of anilines is 1. The summed E-state index contributed by atoms with van der Waals surface area (Å²) < 4.78 is 0. The highest BCUT2D eigenvalue weighted by molar-refractivity contribution is 5.32. The van der Waals surface area contributed by atoms with Crippen molar-refractivity contribution >= 4 is 5.95 Å². The molecule has 1 heterocycles. The summed E-state index contributed by atoms with van der Waals surface area (Å²) in [7, 11) is 0. The molecule has 21 heavy (non-hydrogen) atoms. The van der Waals surface area contributed by atoms with Gasteiger partial charge in [0.05, 0.1) is 0 Å². The number of aromatic nitrogens is 2. The average Bonchev–Trinajstić information content (AvgIpc) is 2.51. The molecular formula is C18H33N3. The monoisotopic (exact) mass is 291 g/mol. The molecule has 1 aromatic heterocycles. The Kier molecular flexibility index (Phi) is 9.04. The van der Waals surface area contributed by atoms with Crippen molar-refractivity contribution in [2.75, 3.05) is 11.4 Å². The second-order valence-electron chi connectivity index (χ2n) is 5.88. The highest BCUT2D eigenvalue weighted by Gasteiger charge is 2.19. The summed E-state index contributed by atoms with van der Waals surface area (Å²) in [6, 6.07) is 2.65. The van der Waals surface area contributed by atoms with Crippen LogP contribution in [0.3, 0.4) is 0 Å². The summed E-state index contributed by atoms with van der Waals surface area (Å²) in [4.78, 5) is 11.8. The van der Waals surface area contributed by atoms with Crippen LogP contribution in [0.25, 0.3) is 0 Å². The first-order valence-electron chi connectivity index (χ1n) is 8.85. The molecule has 0 atom stereocenters. The van der Waals surface area contributed by atoms with E-state index in [0.717, 1.165) is 25.3 Å². The van der Waals surface area contributed by atoms with Crippen molar-refractivity contribution in [3.8, 4) is 0 Å². The molecule has 1 aromatic rings. The van der Waals surface area contributed by atoms with Gasteiger partial charge < -0.3 is 4.90 Å². The Morgan fingerprint density at radius 1 is 1.00 bits per heavy atom. The molecule has 0 aliphatic carbocycles. The molecule has 0 aliphatic rings. The van der Waals surface area contributed by atoms with Crippen molar-refractivity contribution in [1.82, 2.24) is 9.97 Å². The predicted molar refractivity (Wildman–Crippen MR) is 91.9 cm³/mol. The van der Waals surface area contributed by atoms with E-state index in [1.165, 1.54) is 44.2 Å². The van der Waals surface area contributed by atoms with Crippen molar-refractivity contribution in [2.45, 2.75) is 85.1 Å². The molecule has 0 saturated carbocycles. The fourth-order valence-electron chi connectivity index (χ4n) is 2.83. The van der Waals surface area contributed by atoms with Gasteiger partial charge in [-0.1, -0.05) is 47.0 Å². The molecule has 120 valence electrons. The number of nitrogens with zero attached hydrogens (tertiary/aromatic N) is 3. The van der Waals surface area contributed by atoms with Crippen LogP contribution < -0.4 is 4.90 Å². The third kappa shape index (κ3) is 6.03. The lowest BCUT2D eigenvalue weighted by atomic mass is 10.0. The van der Waals surface area contributed by atoms with Crippen molar-refractivity contribution in [3.63, 3.8) is 0 Å². The molecule has 0 fully saturated rings. The normalized spacial score (nSPS) is 11.1. The van der Waals surface area contributed by atoms with Gasteiger partial charge in [-0.25, -0.2) is 9.97 Å². The van der Waals surface area contributed by atoms with Crippen LogP contribution in [-0.4, -0.2) is 22.6 Å². The molecule has 0 aromatic carbocycles. The van der Waals surface area contributed by atoms with Gasteiger partial charge in [0.25, 0.3) is 0 Å². The first-order chi connectivity index (χ1) is 10.3. The maximum atomic E-state index is 4.83. The summed E-state index contributed by atoms with van der Waals surface area (Å²) in [5, 5.41) is 0. The van der Waals surface area contributed by atoms with Crippen LogP contribution in [0.5, 0.6) is 0 Å². The largest absolute Gasteiger partial charge is 0.338 e. The van der Waals surface area contributed by atoms with Crippen molar-refractivity contribution in [3.05, 3.63) is 18.0 Å². The van der Waals surface area contributed by atoms with E-state index >= 15 is 0 Å². The summed E-state index contributed by atoms with van der Waals surface area (Å²) in [5.74, 6) is 0.942. The third-order valence-electron chi connectivity index (χ3n) is 3.89. The van der Waals surface area contributed by atoms with Crippen molar-refractivity contribution < 1.29 is 0 Å². The Hall–Kier alpha value is -1.12. The minimum atomic E-state index is 0.585. The van der Waals surface area contributed by atoms with E-state index in [-0.39, 0.29) is 0 Å². The van der Waals surface area contributed by atoms with E-state index in [1.54, 1.807) is 0 Å². The molecule has 0 radical (unpaired) electrons. The van der Waals surface area contributed by atoms with Crippen LogP contribution in [0.1, 0.15) is 78.3 Å². The van der Waals surface area contributed by atoms with Crippen LogP contribution in [-0.2, 0) is 6.42 Å². The zero-order valence-corrected chi connectivity index (χ0v) is 14.4. The molecular weight excluding hydrogens is 258 g/mol. The van der Waals surface area contributed by atoms with E-state index in [0.29, 0.717) is 6.04 Å². The highest BCUT2D eigenvalue weighted by Crippen LogP contribution is 2.20. The van der Waals surface area contributed by atoms with E-state index in [9.17, 15) is 0 Å². The second-order valence-corrected chi connectivity index (χ2v) is 5.88. The molecule has 1 rings (SSSR count). The Morgan fingerprint density at radius 2 is 1.71 bits per heavy atom. The fourth-order valence-corrected chi connectivity index (χ4v) is 2.83. The molecule has 0 aliphatic heterocycles. The molecule has 0 spiro atoms. The smallest absolute Gasteiger partial charge is 0.225 e. The molecule has 3 heteroatoms. The number of hydrogen-bond acceptors (Lipinski definition) is 3.